The van der Waals surface area contributed by atoms with Crippen LogP contribution in [0.4, 0.5) is 0 Å². The van der Waals surface area contributed by atoms with Gasteiger partial charge in [0.1, 0.15) is 0 Å². The number of hydrogen-bond donors (Lipinski definition) is 1. The molecule has 0 bridgehead atoms. The fraction of sp³-hybridized carbons (Fsp3) is 0.812. The molecular weight excluding hydrogens is 240 g/mol. The van der Waals surface area contributed by atoms with E-state index in [4.69, 9.17) is 9.84 Å². The first-order chi connectivity index (χ1) is 9.06. The average Bonchev–Trinajstić information content (AvgIpc) is 2.38. The molecule has 3 nitrogen and oxygen atoms in total. The Hall–Kier alpha value is -0.830. The summed E-state index contributed by atoms with van der Waals surface area (Å²) in [6.45, 7) is 3.57. The molecule has 2 rings (SSSR count). The smallest absolute Gasteiger partial charge is 0.331 e. The van der Waals surface area contributed by atoms with Crippen molar-refractivity contribution >= 4 is 5.97 Å². The van der Waals surface area contributed by atoms with Crippen LogP contribution in [0.5, 0.6) is 0 Å². The summed E-state index contributed by atoms with van der Waals surface area (Å²) in [6.07, 6.45) is 11.1. The van der Waals surface area contributed by atoms with Crippen molar-refractivity contribution in [3.8, 4) is 0 Å². The van der Waals surface area contributed by atoms with Gasteiger partial charge in [0.2, 0.25) is 0 Å². The summed E-state index contributed by atoms with van der Waals surface area (Å²) < 4.78 is 6.02. The SMILES string of the molecule is CC(=CC(C)OC1CCC2CCCCC2C1)C(=O)O. The maximum absolute atomic E-state index is 10.8. The topological polar surface area (TPSA) is 46.5 Å². The lowest BCUT2D eigenvalue weighted by atomic mass is 9.70. The van der Waals surface area contributed by atoms with E-state index in [2.05, 4.69) is 0 Å². The Morgan fingerprint density at radius 1 is 1.21 bits per heavy atom. The Labute approximate surface area is 116 Å². The number of carboxylic acid groups (broad SMARTS) is 1. The van der Waals surface area contributed by atoms with E-state index in [1.54, 1.807) is 13.0 Å². The molecule has 0 spiro atoms. The first-order valence-corrected chi connectivity index (χ1v) is 7.63. The lowest BCUT2D eigenvalue weighted by molar-refractivity contribution is -0.132. The van der Waals surface area contributed by atoms with Crippen molar-refractivity contribution in [2.24, 2.45) is 11.8 Å². The third-order valence-electron chi connectivity index (χ3n) is 4.72. The normalized spacial score (nSPS) is 33.6. The van der Waals surface area contributed by atoms with Crippen LogP contribution in [0.2, 0.25) is 0 Å². The highest BCUT2D eigenvalue weighted by molar-refractivity contribution is 5.85. The Morgan fingerprint density at radius 3 is 2.58 bits per heavy atom. The molecule has 2 aliphatic rings. The highest BCUT2D eigenvalue weighted by Gasteiger charge is 2.32. The summed E-state index contributed by atoms with van der Waals surface area (Å²) in [7, 11) is 0. The number of aliphatic carboxylic acids is 1. The van der Waals surface area contributed by atoms with Gasteiger partial charge < -0.3 is 9.84 Å². The summed E-state index contributed by atoms with van der Waals surface area (Å²) in [5, 5.41) is 8.87. The van der Waals surface area contributed by atoms with Gasteiger partial charge >= 0.3 is 5.97 Å². The molecule has 0 heterocycles. The van der Waals surface area contributed by atoms with Gasteiger partial charge in [0.25, 0.3) is 0 Å². The molecule has 3 heteroatoms. The molecule has 4 unspecified atom stereocenters. The molecule has 0 aromatic rings. The van der Waals surface area contributed by atoms with Gasteiger partial charge in [-0.25, -0.2) is 4.79 Å². The second-order valence-corrected chi connectivity index (χ2v) is 6.24. The van der Waals surface area contributed by atoms with Gasteiger partial charge in [0.05, 0.1) is 12.2 Å². The first-order valence-electron chi connectivity index (χ1n) is 7.63. The van der Waals surface area contributed by atoms with Crippen molar-refractivity contribution in [3.05, 3.63) is 11.6 Å². The van der Waals surface area contributed by atoms with Crippen LogP contribution in [-0.2, 0) is 9.53 Å². The number of carboxylic acids is 1. The molecule has 4 atom stereocenters. The second-order valence-electron chi connectivity index (χ2n) is 6.24. The van der Waals surface area contributed by atoms with Crippen LogP contribution < -0.4 is 0 Å². The van der Waals surface area contributed by atoms with E-state index in [1.165, 1.54) is 38.5 Å². The Kier molecular flexibility index (Phi) is 5.03. The summed E-state index contributed by atoms with van der Waals surface area (Å²) in [5.74, 6) is 0.927. The number of fused-ring (bicyclic) bond motifs is 1. The van der Waals surface area contributed by atoms with E-state index in [-0.39, 0.29) is 6.10 Å². The van der Waals surface area contributed by atoms with Crippen LogP contribution in [-0.4, -0.2) is 23.3 Å². The van der Waals surface area contributed by atoms with Crippen LogP contribution in [0, 0.1) is 11.8 Å². The highest BCUT2D eigenvalue weighted by Crippen LogP contribution is 2.41. The number of carbonyl (C=O) groups is 1. The summed E-state index contributed by atoms with van der Waals surface area (Å²) >= 11 is 0. The maximum atomic E-state index is 10.8. The molecule has 0 aromatic heterocycles. The standard InChI is InChI=1S/C16H26O3/c1-11(16(17)18)9-12(2)19-15-8-7-13-5-3-4-6-14(13)10-15/h9,12-15H,3-8,10H2,1-2H3,(H,17,18). The molecule has 108 valence electrons. The Bertz CT molecular complexity index is 348. The molecule has 2 saturated carbocycles. The minimum atomic E-state index is -0.855. The highest BCUT2D eigenvalue weighted by atomic mass is 16.5. The zero-order chi connectivity index (χ0) is 13.8. The van der Waals surface area contributed by atoms with Crippen LogP contribution in [0.1, 0.15) is 58.8 Å². The van der Waals surface area contributed by atoms with Gasteiger partial charge in [-0.3, -0.25) is 0 Å². The van der Waals surface area contributed by atoms with Crippen LogP contribution in [0.25, 0.3) is 0 Å². The van der Waals surface area contributed by atoms with Gasteiger partial charge in [0, 0.05) is 5.57 Å². The molecule has 0 saturated heterocycles. The van der Waals surface area contributed by atoms with Crippen molar-refractivity contribution in [2.75, 3.05) is 0 Å². The summed E-state index contributed by atoms with van der Waals surface area (Å²) in [5.41, 5.74) is 0.374. The van der Waals surface area contributed by atoms with E-state index in [0.717, 1.165) is 18.3 Å². The monoisotopic (exact) mass is 266 g/mol. The van der Waals surface area contributed by atoms with Gasteiger partial charge in [-0.05, 0) is 51.0 Å². The molecule has 0 aliphatic heterocycles. The van der Waals surface area contributed by atoms with Gasteiger partial charge in [-0.1, -0.05) is 25.7 Å². The van der Waals surface area contributed by atoms with Crippen molar-refractivity contribution < 1.29 is 14.6 Å². The zero-order valence-corrected chi connectivity index (χ0v) is 12.1. The molecule has 0 aromatic carbocycles. The molecule has 19 heavy (non-hydrogen) atoms. The number of hydrogen-bond acceptors (Lipinski definition) is 2. The van der Waals surface area contributed by atoms with E-state index in [1.807, 2.05) is 6.92 Å². The van der Waals surface area contributed by atoms with Crippen molar-refractivity contribution in [1.29, 1.82) is 0 Å². The maximum Gasteiger partial charge on any atom is 0.331 e. The van der Waals surface area contributed by atoms with Crippen LogP contribution in [0.15, 0.2) is 11.6 Å². The van der Waals surface area contributed by atoms with E-state index in [0.29, 0.717) is 11.7 Å². The fourth-order valence-electron chi connectivity index (χ4n) is 3.72. The average molecular weight is 266 g/mol. The third kappa shape index (κ3) is 4.07. The van der Waals surface area contributed by atoms with Crippen molar-refractivity contribution in [3.63, 3.8) is 0 Å². The number of ether oxygens (including phenoxy) is 1. The van der Waals surface area contributed by atoms with E-state index in [9.17, 15) is 4.79 Å². The van der Waals surface area contributed by atoms with E-state index < -0.39 is 5.97 Å². The lowest BCUT2D eigenvalue weighted by Gasteiger charge is -2.39. The minimum Gasteiger partial charge on any atom is -0.478 e. The quantitative estimate of drug-likeness (QED) is 0.788. The Balaban J connectivity index is 1.83. The van der Waals surface area contributed by atoms with Gasteiger partial charge in [0.15, 0.2) is 0 Å². The summed E-state index contributed by atoms with van der Waals surface area (Å²) in [4.78, 5) is 10.8. The predicted molar refractivity (Wildman–Crippen MR) is 75.0 cm³/mol. The molecule has 1 N–H and O–H groups in total. The zero-order valence-electron chi connectivity index (χ0n) is 12.1. The van der Waals surface area contributed by atoms with Crippen molar-refractivity contribution in [2.45, 2.75) is 71.0 Å². The third-order valence-corrected chi connectivity index (χ3v) is 4.72. The predicted octanol–water partition coefficient (Wildman–Crippen LogP) is 3.78. The first kappa shape index (κ1) is 14.6. The minimum absolute atomic E-state index is 0.0961. The molecule has 2 fully saturated rings. The van der Waals surface area contributed by atoms with Crippen LogP contribution in [0.3, 0.4) is 0 Å². The molecule has 2 aliphatic carbocycles. The number of rotatable bonds is 4. The van der Waals surface area contributed by atoms with E-state index >= 15 is 0 Å². The lowest BCUT2D eigenvalue weighted by Crippen LogP contribution is -2.33. The van der Waals surface area contributed by atoms with Crippen LogP contribution >= 0.6 is 0 Å². The molecule has 0 amide bonds. The van der Waals surface area contributed by atoms with Gasteiger partial charge in [-0.15, -0.1) is 0 Å². The largest absolute Gasteiger partial charge is 0.478 e. The second kappa shape index (κ2) is 6.56. The fourth-order valence-corrected chi connectivity index (χ4v) is 3.72. The van der Waals surface area contributed by atoms with Gasteiger partial charge in [-0.2, -0.15) is 0 Å². The Morgan fingerprint density at radius 2 is 1.89 bits per heavy atom. The molecule has 0 radical (unpaired) electrons. The molecular formula is C16H26O3. The summed E-state index contributed by atoms with van der Waals surface area (Å²) in [6, 6.07) is 0. The van der Waals surface area contributed by atoms with Crippen molar-refractivity contribution in [1.82, 2.24) is 0 Å².